The van der Waals surface area contributed by atoms with Crippen LogP contribution in [-0.2, 0) is 0 Å². The number of aromatic nitrogens is 2. The largest absolute Gasteiger partial charge is 0.383 e. The number of aromatic amines is 1. The van der Waals surface area contributed by atoms with Crippen LogP contribution in [0.25, 0.3) is 11.1 Å². The van der Waals surface area contributed by atoms with E-state index in [-0.39, 0.29) is 22.9 Å². The van der Waals surface area contributed by atoms with E-state index in [1.54, 1.807) is 19.0 Å². The minimum atomic E-state index is -0.787. The summed E-state index contributed by atoms with van der Waals surface area (Å²) in [7, 11) is 3.36. The molecule has 0 fully saturated rings. The van der Waals surface area contributed by atoms with Gasteiger partial charge in [-0.3, -0.25) is 9.78 Å². The Morgan fingerprint density at radius 1 is 1.21 bits per heavy atom. The fourth-order valence-corrected chi connectivity index (χ4v) is 1.67. The van der Waals surface area contributed by atoms with E-state index in [0.29, 0.717) is 0 Å². The van der Waals surface area contributed by atoms with Crippen LogP contribution in [0.1, 0.15) is 0 Å². The zero-order chi connectivity index (χ0) is 14.2. The van der Waals surface area contributed by atoms with E-state index >= 15 is 0 Å². The van der Waals surface area contributed by atoms with E-state index in [1.807, 2.05) is 0 Å². The number of nitrogen functional groups attached to an aromatic ring is 1. The Labute approximate surface area is 107 Å². The summed E-state index contributed by atoms with van der Waals surface area (Å²) in [6.45, 7) is 0. The quantitative estimate of drug-likeness (QED) is 0.860. The Balaban J connectivity index is 2.66. The molecule has 0 radical (unpaired) electrons. The SMILES string of the molecule is CN(C)c1nc(N)c(-c2cc(F)cc(F)c2)c(=O)[nH]1. The van der Waals surface area contributed by atoms with Gasteiger partial charge in [-0.15, -0.1) is 0 Å². The number of hydrogen-bond donors (Lipinski definition) is 2. The third kappa shape index (κ3) is 2.54. The summed E-state index contributed by atoms with van der Waals surface area (Å²) in [6, 6.07) is 2.78. The standard InChI is InChI=1S/C12H12F2N4O/c1-18(2)12-16-10(15)9(11(19)17-12)6-3-7(13)5-8(14)4-6/h3-5H,1-2H3,(H3,15,16,17,19). The predicted molar refractivity (Wildman–Crippen MR) is 68.9 cm³/mol. The third-order valence-corrected chi connectivity index (χ3v) is 2.51. The maximum atomic E-state index is 13.2. The lowest BCUT2D eigenvalue weighted by atomic mass is 10.1. The lowest BCUT2D eigenvalue weighted by molar-refractivity contribution is 0.584. The first-order chi connectivity index (χ1) is 8.88. The summed E-state index contributed by atoms with van der Waals surface area (Å²) in [6.07, 6.45) is 0. The zero-order valence-electron chi connectivity index (χ0n) is 10.4. The Bertz CT molecular complexity index is 662. The van der Waals surface area contributed by atoms with Crippen molar-refractivity contribution in [2.45, 2.75) is 0 Å². The first-order valence-electron chi connectivity index (χ1n) is 5.42. The van der Waals surface area contributed by atoms with Gasteiger partial charge in [0, 0.05) is 20.2 Å². The lowest BCUT2D eigenvalue weighted by Crippen LogP contribution is -2.21. The molecule has 0 spiro atoms. The van der Waals surface area contributed by atoms with Gasteiger partial charge in [0.2, 0.25) is 5.95 Å². The number of nitrogens with two attached hydrogens (primary N) is 1. The molecule has 0 bridgehead atoms. The molecule has 0 unspecified atom stereocenters. The van der Waals surface area contributed by atoms with Crippen LogP contribution in [0, 0.1) is 11.6 Å². The molecule has 0 atom stereocenters. The fourth-order valence-electron chi connectivity index (χ4n) is 1.67. The van der Waals surface area contributed by atoms with Gasteiger partial charge in [0.05, 0.1) is 5.56 Å². The van der Waals surface area contributed by atoms with E-state index in [0.717, 1.165) is 18.2 Å². The number of hydrogen-bond acceptors (Lipinski definition) is 4. The fraction of sp³-hybridized carbons (Fsp3) is 0.167. The average Bonchev–Trinajstić information content (AvgIpc) is 2.26. The Hall–Kier alpha value is -2.44. The number of halogens is 2. The monoisotopic (exact) mass is 266 g/mol. The molecule has 0 aliphatic heterocycles. The van der Waals surface area contributed by atoms with Crippen LogP contribution in [0.2, 0.25) is 0 Å². The van der Waals surface area contributed by atoms with Gasteiger partial charge < -0.3 is 10.6 Å². The maximum Gasteiger partial charge on any atom is 0.262 e. The van der Waals surface area contributed by atoms with Crippen molar-refractivity contribution >= 4 is 11.8 Å². The molecule has 0 aliphatic carbocycles. The molecular formula is C12H12F2N4O. The van der Waals surface area contributed by atoms with Crippen molar-refractivity contribution in [3.8, 4) is 11.1 Å². The number of benzene rings is 1. The van der Waals surface area contributed by atoms with Crippen molar-refractivity contribution in [3.63, 3.8) is 0 Å². The minimum absolute atomic E-state index is 0.0501. The van der Waals surface area contributed by atoms with Gasteiger partial charge in [-0.1, -0.05) is 0 Å². The van der Waals surface area contributed by atoms with E-state index in [2.05, 4.69) is 9.97 Å². The van der Waals surface area contributed by atoms with Gasteiger partial charge in [0.25, 0.3) is 5.56 Å². The van der Waals surface area contributed by atoms with E-state index < -0.39 is 17.2 Å². The molecule has 2 aromatic rings. The van der Waals surface area contributed by atoms with Crippen LogP contribution in [0.4, 0.5) is 20.5 Å². The second-order valence-electron chi connectivity index (χ2n) is 4.20. The highest BCUT2D eigenvalue weighted by atomic mass is 19.1. The van der Waals surface area contributed by atoms with Gasteiger partial charge in [-0.2, -0.15) is 4.98 Å². The number of rotatable bonds is 2. The van der Waals surface area contributed by atoms with Crippen molar-refractivity contribution in [2.75, 3.05) is 24.7 Å². The van der Waals surface area contributed by atoms with Gasteiger partial charge in [-0.05, 0) is 17.7 Å². The number of nitrogens with one attached hydrogen (secondary N) is 1. The molecule has 19 heavy (non-hydrogen) atoms. The lowest BCUT2D eigenvalue weighted by Gasteiger charge is -2.12. The maximum absolute atomic E-state index is 13.2. The topological polar surface area (TPSA) is 75.0 Å². The van der Waals surface area contributed by atoms with Gasteiger partial charge in [0.1, 0.15) is 17.5 Å². The first-order valence-corrected chi connectivity index (χ1v) is 5.42. The van der Waals surface area contributed by atoms with Crippen LogP contribution in [-0.4, -0.2) is 24.1 Å². The zero-order valence-corrected chi connectivity index (χ0v) is 10.4. The van der Waals surface area contributed by atoms with Crippen LogP contribution < -0.4 is 16.2 Å². The summed E-state index contributed by atoms with van der Waals surface area (Å²) < 4.78 is 26.3. The van der Waals surface area contributed by atoms with Crippen molar-refractivity contribution < 1.29 is 8.78 Å². The average molecular weight is 266 g/mol. The molecular weight excluding hydrogens is 254 g/mol. The highest BCUT2D eigenvalue weighted by Gasteiger charge is 2.14. The van der Waals surface area contributed by atoms with E-state index in [1.165, 1.54) is 0 Å². The van der Waals surface area contributed by atoms with E-state index in [4.69, 9.17) is 5.73 Å². The highest BCUT2D eigenvalue weighted by molar-refractivity contribution is 5.73. The predicted octanol–water partition coefficient (Wildman–Crippen LogP) is 1.36. The van der Waals surface area contributed by atoms with Crippen molar-refractivity contribution in [1.82, 2.24) is 9.97 Å². The van der Waals surface area contributed by atoms with Crippen molar-refractivity contribution in [1.29, 1.82) is 0 Å². The van der Waals surface area contributed by atoms with Crippen LogP contribution in [0.15, 0.2) is 23.0 Å². The first kappa shape index (κ1) is 13.0. The summed E-state index contributed by atoms with van der Waals surface area (Å²) in [5.41, 5.74) is 5.13. The van der Waals surface area contributed by atoms with Crippen molar-refractivity contribution in [2.24, 2.45) is 0 Å². The molecule has 5 nitrogen and oxygen atoms in total. The second-order valence-corrected chi connectivity index (χ2v) is 4.20. The van der Waals surface area contributed by atoms with Crippen molar-refractivity contribution in [3.05, 3.63) is 40.2 Å². The number of H-pyrrole nitrogens is 1. The van der Waals surface area contributed by atoms with Crippen LogP contribution in [0.5, 0.6) is 0 Å². The summed E-state index contributed by atoms with van der Waals surface area (Å²) >= 11 is 0. The summed E-state index contributed by atoms with van der Waals surface area (Å²) in [4.78, 5) is 20.0. The second kappa shape index (κ2) is 4.68. The third-order valence-electron chi connectivity index (χ3n) is 2.51. The molecule has 1 aromatic carbocycles. The van der Waals surface area contributed by atoms with E-state index in [9.17, 15) is 13.6 Å². The molecule has 3 N–H and O–H groups in total. The van der Waals surface area contributed by atoms with Gasteiger partial charge >= 0.3 is 0 Å². The van der Waals surface area contributed by atoms with Gasteiger partial charge in [0.15, 0.2) is 0 Å². The highest BCUT2D eigenvalue weighted by Crippen LogP contribution is 2.23. The Morgan fingerprint density at radius 3 is 2.26 bits per heavy atom. The molecule has 0 saturated heterocycles. The Morgan fingerprint density at radius 2 is 1.79 bits per heavy atom. The van der Waals surface area contributed by atoms with Crippen LogP contribution in [0.3, 0.4) is 0 Å². The Kier molecular flexibility index (Phi) is 3.20. The molecule has 1 aromatic heterocycles. The van der Waals surface area contributed by atoms with Crippen LogP contribution >= 0.6 is 0 Å². The molecule has 100 valence electrons. The molecule has 0 aliphatic rings. The summed E-state index contributed by atoms with van der Waals surface area (Å²) in [5, 5.41) is 0. The number of anilines is 2. The molecule has 7 heteroatoms. The number of nitrogens with zero attached hydrogens (tertiary/aromatic N) is 2. The summed E-state index contributed by atoms with van der Waals surface area (Å²) in [5.74, 6) is -1.39. The molecule has 0 saturated carbocycles. The minimum Gasteiger partial charge on any atom is -0.383 e. The molecule has 2 rings (SSSR count). The smallest absolute Gasteiger partial charge is 0.262 e. The van der Waals surface area contributed by atoms with Gasteiger partial charge in [-0.25, -0.2) is 8.78 Å². The molecule has 1 heterocycles. The molecule has 0 amide bonds. The normalized spacial score (nSPS) is 10.5.